The average Bonchev–Trinajstić information content (AvgIpc) is 2.95. The van der Waals surface area contributed by atoms with Gasteiger partial charge in [0.2, 0.25) is 5.91 Å². The van der Waals surface area contributed by atoms with Crippen molar-refractivity contribution >= 4 is 46.4 Å². The van der Waals surface area contributed by atoms with E-state index in [9.17, 15) is 4.79 Å². The minimum absolute atomic E-state index is 0.187. The lowest BCUT2D eigenvalue weighted by Crippen LogP contribution is -2.37. The molecule has 0 aliphatic heterocycles. The van der Waals surface area contributed by atoms with Gasteiger partial charge in [-0.2, -0.15) is 0 Å². The van der Waals surface area contributed by atoms with Crippen LogP contribution in [0.5, 0.6) is 0 Å². The molecule has 0 aliphatic rings. The first-order valence-corrected chi connectivity index (χ1v) is 7.32. The number of benzene rings is 1. The Hall–Kier alpha value is -1.36. The van der Waals surface area contributed by atoms with E-state index in [0.717, 1.165) is 0 Å². The molecule has 1 aromatic heterocycles. The van der Waals surface area contributed by atoms with Gasteiger partial charge in [0.1, 0.15) is 11.8 Å². The number of hydrogen-bond donors (Lipinski definition) is 2. The van der Waals surface area contributed by atoms with E-state index in [2.05, 4.69) is 10.6 Å². The van der Waals surface area contributed by atoms with Crippen LogP contribution in [-0.4, -0.2) is 11.9 Å². The van der Waals surface area contributed by atoms with Crippen LogP contribution in [0.4, 0.5) is 5.69 Å². The monoisotopic (exact) mass is 346 g/mol. The summed E-state index contributed by atoms with van der Waals surface area (Å²) in [5.41, 5.74) is 0.548. The van der Waals surface area contributed by atoms with Gasteiger partial charge in [-0.3, -0.25) is 4.79 Å². The molecular weight excluding hydrogens is 335 g/mol. The fourth-order valence-corrected chi connectivity index (χ4v) is 2.27. The normalized spacial score (nSPS) is 12.0. The number of hydrogen-bond acceptors (Lipinski definition) is 3. The quantitative estimate of drug-likeness (QED) is 0.790. The van der Waals surface area contributed by atoms with E-state index < -0.39 is 6.04 Å². The highest BCUT2D eigenvalue weighted by Gasteiger charge is 2.15. The van der Waals surface area contributed by atoms with Crippen LogP contribution in [0.3, 0.4) is 0 Å². The number of anilines is 1. The Morgan fingerprint density at radius 3 is 2.62 bits per heavy atom. The van der Waals surface area contributed by atoms with Crippen molar-refractivity contribution in [3.8, 4) is 0 Å². The van der Waals surface area contributed by atoms with E-state index in [4.69, 9.17) is 39.2 Å². The minimum Gasteiger partial charge on any atom is -0.467 e. The second-order valence-electron chi connectivity index (χ2n) is 4.41. The molecule has 0 spiro atoms. The summed E-state index contributed by atoms with van der Waals surface area (Å²) in [6.07, 6.45) is 1.55. The molecule has 1 heterocycles. The molecule has 4 nitrogen and oxygen atoms in total. The minimum atomic E-state index is -0.491. The van der Waals surface area contributed by atoms with Gasteiger partial charge in [0, 0.05) is 0 Å². The van der Waals surface area contributed by atoms with Gasteiger partial charge in [0.15, 0.2) is 0 Å². The molecule has 2 aromatic rings. The van der Waals surface area contributed by atoms with Gasteiger partial charge in [-0.25, -0.2) is 0 Å². The van der Waals surface area contributed by atoms with Crippen molar-refractivity contribution in [2.45, 2.75) is 19.5 Å². The Labute approximate surface area is 137 Å². The molecule has 7 heteroatoms. The fraction of sp³-hybridized carbons (Fsp3) is 0.214. The first-order chi connectivity index (χ1) is 9.97. The highest BCUT2D eigenvalue weighted by atomic mass is 35.5. The average molecular weight is 348 g/mol. The van der Waals surface area contributed by atoms with E-state index >= 15 is 0 Å². The number of carbonyl (C=O) groups is 1. The molecule has 0 saturated heterocycles. The Kier molecular flexibility index (Phi) is 5.39. The van der Waals surface area contributed by atoms with Crippen molar-refractivity contribution in [2.75, 3.05) is 5.32 Å². The van der Waals surface area contributed by atoms with E-state index in [1.165, 1.54) is 6.07 Å². The van der Waals surface area contributed by atoms with Gasteiger partial charge in [-0.1, -0.05) is 34.8 Å². The van der Waals surface area contributed by atoms with E-state index in [1.54, 1.807) is 31.4 Å². The summed E-state index contributed by atoms with van der Waals surface area (Å²) < 4.78 is 5.14. The van der Waals surface area contributed by atoms with Gasteiger partial charge in [0.25, 0.3) is 0 Å². The van der Waals surface area contributed by atoms with Crippen molar-refractivity contribution < 1.29 is 9.21 Å². The van der Waals surface area contributed by atoms with Crippen LogP contribution in [0.25, 0.3) is 0 Å². The summed E-state index contributed by atoms with van der Waals surface area (Å²) in [6.45, 7) is 2.04. The van der Waals surface area contributed by atoms with E-state index in [1.807, 2.05) is 0 Å². The Balaban J connectivity index is 1.95. The third-order valence-corrected chi connectivity index (χ3v) is 3.83. The van der Waals surface area contributed by atoms with Crippen LogP contribution in [-0.2, 0) is 11.3 Å². The van der Waals surface area contributed by atoms with Gasteiger partial charge in [-0.05, 0) is 31.2 Å². The maximum atomic E-state index is 12.0. The predicted octanol–water partition coefficient (Wildman–Crippen LogP) is 4.36. The Bertz CT molecular complexity index is 629. The number of rotatable bonds is 5. The maximum Gasteiger partial charge on any atom is 0.242 e. The summed E-state index contributed by atoms with van der Waals surface area (Å²) in [5, 5.41) is 6.87. The summed E-state index contributed by atoms with van der Waals surface area (Å²) in [7, 11) is 0. The van der Waals surface area contributed by atoms with Crippen LogP contribution in [0.2, 0.25) is 15.1 Å². The molecule has 1 atom stereocenters. The predicted molar refractivity (Wildman–Crippen MR) is 85.1 cm³/mol. The molecular formula is C14H13Cl3N2O2. The second kappa shape index (κ2) is 7.07. The van der Waals surface area contributed by atoms with E-state index in [-0.39, 0.29) is 5.91 Å². The zero-order valence-electron chi connectivity index (χ0n) is 11.1. The smallest absolute Gasteiger partial charge is 0.242 e. The van der Waals surface area contributed by atoms with Gasteiger partial charge < -0.3 is 15.1 Å². The van der Waals surface area contributed by atoms with Crippen LogP contribution < -0.4 is 10.6 Å². The number of halogens is 3. The first kappa shape index (κ1) is 16.0. The summed E-state index contributed by atoms with van der Waals surface area (Å²) in [5.74, 6) is 0.497. The van der Waals surface area contributed by atoms with Gasteiger partial charge in [-0.15, -0.1) is 0 Å². The largest absolute Gasteiger partial charge is 0.467 e. The van der Waals surface area contributed by atoms with Crippen molar-refractivity contribution in [3.63, 3.8) is 0 Å². The highest BCUT2D eigenvalue weighted by Crippen LogP contribution is 2.32. The molecule has 2 rings (SSSR count). The van der Waals surface area contributed by atoms with Gasteiger partial charge >= 0.3 is 0 Å². The second-order valence-corrected chi connectivity index (χ2v) is 5.63. The lowest BCUT2D eigenvalue weighted by molar-refractivity contribution is -0.121. The number of amides is 1. The lowest BCUT2D eigenvalue weighted by atomic mass is 10.2. The molecule has 21 heavy (non-hydrogen) atoms. The lowest BCUT2D eigenvalue weighted by Gasteiger charge is -2.16. The summed E-state index contributed by atoms with van der Waals surface area (Å²) >= 11 is 17.8. The van der Waals surface area contributed by atoms with Crippen molar-refractivity contribution in [1.82, 2.24) is 5.32 Å². The molecule has 1 amide bonds. The van der Waals surface area contributed by atoms with Crippen LogP contribution in [0.1, 0.15) is 12.7 Å². The van der Waals surface area contributed by atoms with Crippen LogP contribution in [0, 0.1) is 0 Å². The summed E-state index contributed by atoms with van der Waals surface area (Å²) in [4.78, 5) is 12.0. The number of carbonyl (C=O) groups excluding carboxylic acids is 1. The molecule has 0 aliphatic carbocycles. The fourth-order valence-electron chi connectivity index (χ4n) is 1.67. The third kappa shape index (κ3) is 4.30. The molecule has 112 valence electrons. The zero-order chi connectivity index (χ0) is 15.4. The topological polar surface area (TPSA) is 54.3 Å². The molecule has 0 fully saturated rings. The Morgan fingerprint density at radius 1 is 1.24 bits per heavy atom. The van der Waals surface area contributed by atoms with Crippen molar-refractivity contribution in [2.24, 2.45) is 0 Å². The molecule has 2 N–H and O–H groups in total. The van der Waals surface area contributed by atoms with Crippen molar-refractivity contribution in [3.05, 3.63) is 51.4 Å². The summed E-state index contributed by atoms with van der Waals surface area (Å²) in [6, 6.07) is 6.17. The van der Waals surface area contributed by atoms with Crippen LogP contribution >= 0.6 is 34.8 Å². The molecule has 0 radical (unpaired) electrons. The van der Waals surface area contributed by atoms with Crippen molar-refractivity contribution in [1.29, 1.82) is 0 Å². The van der Waals surface area contributed by atoms with E-state index in [0.29, 0.717) is 33.1 Å². The van der Waals surface area contributed by atoms with Gasteiger partial charge in [0.05, 0.1) is 33.6 Å². The zero-order valence-corrected chi connectivity index (χ0v) is 13.4. The third-order valence-electron chi connectivity index (χ3n) is 2.79. The number of furan rings is 1. The molecule has 1 aromatic carbocycles. The highest BCUT2D eigenvalue weighted by molar-refractivity contribution is 6.44. The first-order valence-electron chi connectivity index (χ1n) is 6.18. The maximum absolute atomic E-state index is 12.0. The molecule has 1 unspecified atom stereocenters. The Morgan fingerprint density at radius 2 is 1.95 bits per heavy atom. The number of nitrogens with one attached hydrogen (secondary N) is 2. The molecule has 0 bridgehead atoms. The standard InChI is InChI=1S/C14H13Cl3N2O2/c1-8(14(20)18-7-9-3-2-4-21-9)19-13-6-11(16)10(15)5-12(13)17/h2-6,8,19H,7H2,1H3,(H,18,20). The SMILES string of the molecule is CC(Nc1cc(Cl)c(Cl)cc1Cl)C(=O)NCc1ccco1. The molecule has 0 saturated carbocycles. The van der Waals surface area contributed by atoms with Crippen LogP contribution in [0.15, 0.2) is 34.9 Å².